The molecule has 0 aromatic heterocycles. The largest absolute Gasteiger partial charge is 0.349 e. The topological polar surface area (TPSA) is 95.6 Å². The fourth-order valence-corrected chi connectivity index (χ4v) is 4.94. The molecule has 2 rings (SSSR count). The van der Waals surface area contributed by atoms with E-state index < -0.39 is 50.3 Å². The van der Waals surface area contributed by atoms with Crippen LogP contribution in [0.1, 0.15) is 13.3 Å². The first-order chi connectivity index (χ1) is 12.4. The molecular weight excluding hydrogens is 387 g/mol. The molecule has 1 atom stereocenters. The summed E-state index contributed by atoms with van der Waals surface area (Å²) in [7, 11) is -1.72. The van der Waals surface area contributed by atoms with E-state index in [-0.39, 0.29) is 24.6 Å². The first kappa shape index (κ1) is 21.2. The van der Waals surface area contributed by atoms with Crippen LogP contribution in [0, 0.1) is 17.5 Å². The maximum Gasteiger partial charge on any atom is 0.238 e. The number of carbonyl (C=O) groups is 2. The Kier molecular flexibility index (Phi) is 6.15. The van der Waals surface area contributed by atoms with Crippen molar-refractivity contribution < 1.29 is 31.2 Å². The Labute approximate surface area is 154 Å². The van der Waals surface area contributed by atoms with Gasteiger partial charge < -0.3 is 10.6 Å². The molecule has 2 N–H and O–H groups in total. The predicted octanol–water partition coefficient (Wildman–Crippen LogP) is 0.668. The second-order valence-electron chi connectivity index (χ2n) is 6.89. The van der Waals surface area contributed by atoms with Crippen molar-refractivity contribution in [1.29, 1.82) is 0 Å². The third-order valence-electron chi connectivity index (χ3n) is 4.08. The number of likely N-dealkylation sites (N-methyl/N-ethyl adjacent to an activating group) is 1. The minimum Gasteiger partial charge on any atom is -0.349 e. The van der Waals surface area contributed by atoms with E-state index in [0.29, 0.717) is 12.5 Å². The molecule has 1 fully saturated rings. The van der Waals surface area contributed by atoms with Crippen molar-refractivity contribution in [2.45, 2.75) is 18.9 Å². The number of anilines is 1. The molecule has 1 aromatic rings. The van der Waals surface area contributed by atoms with Gasteiger partial charge in [0.2, 0.25) is 11.8 Å². The van der Waals surface area contributed by atoms with Gasteiger partial charge in [0.05, 0.1) is 35.8 Å². The summed E-state index contributed by atoms with van der Waals surface area (Å²) in [6, 6.07) is 1.57. The van der Waals surface area contributed by atoms with Gasteiger partial charge in [-0.1, -0.05) is 0 Å². The highest BCUT2D eigenvalue weighted by Gasteiger charge is 2.39. The predicted molar refractivity (Wildman–Crippen MR) is 92.3 cm³/mol. The minimum absolute atomic E-state index is 0.00180. The van der Waals surface area contributed by atoms with Crippen molar-refractivity contribution in [2.24, 2.45) is 0 Å². The van der Waals surface area contributed by atoms with E-state index in [1.807, 2.05) is 0 Å². The number of hydrogen-bond acceptors (Lipinski definition) is 5. The number of nitrogens with zero attached hydrogens (tertiary/aromatic N) is 1. The van der Waals surface area contributed by atoms with Gasteiger partial charge in [-0.25, -0.2) is 21.6 Å². The number of sulfone groups is 1. The van der Waals surface area contributed by atoms with Gasteiger partial charge in [-0.05, 0) is 32.5 Å². The Bertz CT molecular complexity index is 863. The molecule has 1 aliphatic rings. The summed E-state index contributed by atoms with van der Waals surface area (Å²) in [5.41, 5.74) is -1.37. The van der Waals surface area contributed by atoms with Crippen LogP contribution in [0.5, 0.6) is 0 Å². The van der Waals surface area contributed by atoms with Gasteiger partial charge in [-0.3, -0.25) is 14.5 Å². The Hall–Kier alpha value is -2.14. The summed E-state index contributed by atoms with van der Waals surface area (Å²) in [5, 5.41) is 4.75. The SMILES string of the molecule is CN(CC(=O)Nc1ccc(F)c(F)c1F)CC(=O)N[C@@]1(C)CCS(=O)(=O)C1. The lowest BCUT2D eigenvalue weighted by atomic mass is 10.0. The number of halogens is 3. The van der Waals surface area contributed by atoms with Crippen LogP contribution in [-0.4, -0.2) is 62.3 Å². The molecule has 1 aromatic carbocycles. The lowest BCUT2D eigenvalue weighted by Gasteiger charge is -2.25. The van der Waals surface area contributed by atoms with Gasteiger partial charge in [-0.15, -0.1) is 0 Å². The summed E-state index contributed by atoms with van der Waals surface area (Å²) >= 11 is 0. The van der Waals surface area contributed by atoms with Gasteiger partial charge >= 0.3 is 0 Å². The van der Waals surface area contributed by atoms with E-state index in [2.05, 4.69) is 10.6 Å². The quantitative estimate of drug-likeness (QED) is 0.676. The molecule has 0 saturated carbocycles. The van der Waals surface area contributed by atoms with Crippen LogP contribution in [0.15, 0.2) is 12.1 Å². The molecule has 1 heterocycles. The Balaban J connectivity index is 1.86. The zero-order valence-corrected chi connectivity index (χ0v) is 15.6. The van der Waals surface area contributed by atoms with Gasteiger partial charge in [0.1, 0.15) is 0 Å². The van der Waals surface area contributed by atoms with E-state index in [0.717, 1.165) is 6.07 Å². The third kappa shape index (κ3) is 5.67. The molecule has 150 valence electrons. The summed E-state index contributed by atoms with van der Waals surface area (Å²) in [4.78, 5) is 25.3. The number of rotatable bonds is 6. The van der Waals surface area contributed by atoms with E-state index in [1.165, 1.54) is 11.9 Å². The lowest BCUT2D eigenvalue weighted by Crippen LogP contribution is -2.50. The van der Waals surface area contributed by atoms with E-state index in [9.17, 15) is 31.2 Å². The normalized spacial score (nSPS) is 21.3. The summed E-state index contributed by atoms with van der Waals surface area (Å²) in [6.45, 7) is 1.11. The van der Waals surface area contributed by atoms with Crippen molar-refractivity contribution in [1.82, 2.24) is 10.2 Å². The molecular formula is C16H20F3N3O4S. The number of amides is 2. The Morgan fingerprint density at radius 1 is 1.15 bits per heavy atom. The standard InChI is InChI=1S/C16H20F3N3O4S/c1-16(5-6-27(25,26)9-16)21-13(24)8-22(2)7-12(23)20-11-4-3-10(17)14(18)15(11)19/h3-4H,5-9H2,1-2H3,(H,20,23)(H,21,24)/t16-/m0/s1. The first-order valence-electron chi connectivity index (χ1n) is 8.04. The van der Waals surface area contributed by atoms with Crippen LogP contribution in [0.25, 0.3) is 0 Å². The maximum absolute atomic E-state index is 13.5. The average Bonchev–Trinajstić information content (AvgIpc) is 2.80. The van der Waals surface area contributed by atoms with Crippen molar-refractivity contribution in [3.63, 3.8) is 0 Å². The molecule has 11 heteroatoms. The van der Waals surface area contributed by atoms with Gasteiger partial charge in [-0.2, -0.15) is 0 Å². The van der Waals surface area contributed by atoms with Crippen LogP contribution < -0.4 is 10.6 Å². The van der Waals surface area contributed by atoms with E-state index in [1.54, 1.807) is 6.92 Å². The van der Waals surface area contributed by atoms with Crippen molar-refractivity contribution in [3.8, 4) is 0 Å². The zero-order chi connectivity index (χ0) is 20.4. The van der Waals surface area contributed by atoms with Gasteiger partial charge in [0.15, 0.2) is 27.3 Å². The highest BCUT2D eigenvalue weighted by molar-refractivity contribution is 7.91. The van der Waals surface area contributed by atoms with Crippen LogP contribution in [0.3, 0.4) is 0 Å². The number of carbonyl (C=O) groups excluding carboxylic acids is 2. The number of hydrogen-bond donors (Lipinski definition) is 2. The smallest absolute Gasteiger partial charge is 0.238 e. The molecule has 0 unspecified atom stereocenters. The maximum atomic E-state index is 13.5. The van der Waals surface area contributed by atoms with Crippen molar-refractivity contribution in [3.05, 3.63) is 29.6 Å². The summed E-state index contributed by atoms with van der Waals surface area (Å²) < 4.78 is 62.7. The second kappa shape index (κ2) is 7.85. The Morgan fingerprint density at radius 3 is 2.37 bits per heavy atom. The molecule has 1 aliphatic heterocycles. The van der Waals surface area contributed by atoms with Crippen LogP contribution in [-0.2, 0) is 19.4 Å². The summed E-state index contributed by atoms with van der Waals surface area (Å²) in [6.07, 6.45) is 0.306. The highest BCUT2D eigenvalue weighted by atomic mass is 32.2. The van der Waals surface area contributed by atoms with Crippen molar-refractivity contribution >= 4 is 27.3 Å². The second-order valence-corrected chi connectivity index (χ2v) is 9.08. The summed E-state index contributed by atoms with van der Waals surface area (Å²) in [5.74, 6) is -5.93. The van der Waals surface area contributed by atoms with Gasteiger partial charge in [0, 0.05) is 0 Å². The van der Waals surface area contributed by atoms with Crippen LogP contribution >= 0.6 is 0 Å². The minimum atomic E-state index is -3.18. The Morgan fingerprint density at radius 2 is 1.78 bits per heavy atom. The number of benzene rings is 1. The third-order valence-corrected chi connectivity index (χ3v) is 5.98. The molecule has 27 heavy (non-hydrogen) atoms. The molecule has 7 nitrogen and oxygen atoms in total. The molecule has 0 aliphatic carbocycles. The first-order valence-corrected chi connectivity index (χ1v) is 9.86. The lowest BCUT2D eigenvalue weighted by molar-refractivity contribution is -0.124. The fourth-order valence-electron chi connectivity index (χ4n) is 2.84. The molecule has 0 spiro atoms. The molecule has 1 saturated heterocycles. The zero-order valence-electron chi connectivity index (χ0n) is 14.8. The van der Waals surface area contributed by atoms with E-state index in [4.69, 9.17) is 0 Å². The molecule has 0 bridgehead atoms. The molecule has 2 amide bonds. The highest BCUT2D eigenvalue weighted by Crippen LogP contribution is 2.22. The fraction of sp³-hybridized carbons (Fsp3) is 0.500. The van der Waals surface area contributed by atoms with Crippen LogP contribution in [0.2, 0.25) is 0 Å². The van der Waals surface area contributed by atoms with Crippen LogP contribution in [0.4, 0.5) is 18.9 Å². The average molecular weight is 407 g/mol. The molecule has 0 radical (unpaired) electrons. The number of nitrogens with one attached hydrogen (secondary N) is 2. The monoisotopic (exact) mass is 407 g/mol. The van der Waals surface area contributed by atoms with Gasteiger partial charge in [0.25, 0.3) is 0 Å². The van der Waals surface area contributed by atoms with E-state index >= 15 is 0 Å². The van der Waals surface area contributed by atoms with Crippen molar-refractivity contribution in [2.75, 3.05) is 37.0 Å².